The van der Waals surface area contributed by atoms with Crippen LogP contribution in [0.1, 0.15) is 5.89 Å². The number of hydrogen-bond acceptors (Lipinski definition) is 7. The highest BCUT2D eigenvalue weighted by molar-refractivity contribution is 7.98. The van der Waals surface area contributed by atoms with Crippen molar-refractivity contribution in [3.8, 4) is 5.88 Å². The van der Waals surface area contributed by atoms with Gasteiger partial charge in [0.05, 0.1) is 10.8 Å². The van der Waals surface area contributed by atoms with Gasteiger partial charge >= 0.3 is 0 Å². The van der Waals surface area contributed by atoms with Gasteiger partial charge in [-0.3, -0.25) is 4.79 Å². The standard InChI is InChI=1S/C12H10N4O3S/c1-20-12-16-13-9(19-12)6-18-11-8-5-3-2-4-7(8)10(17)14-15-11/h2-5H,6H2,1H3,(H,14,17). The van der Waals surface area contributed by atoms with Crippen LogP contribution < -0.4 is 10.3 Å². The van der Waals surface area contributed by atoms with E-state index in [1.54, 1.807) is 18.2 Å². The van der Waals surface area contributed by atoms with Crippen LogP contribution in [0.15, 0.2) is 38.7 Å². The van der Waals surface area contributed by atoms with Gasteiger partial charge in [-0.2, -0.15) is 0 Å². The monoisotopic (exact) mass is 290 g/mol. The molecule has 8 heteroatoms. The number of fused-ring (bicyclic) bond motifs is 1. The van der Waals surface area contributed by atoms with Gasteiger partial charge in [-0.1, -0.05) is 23.9 Å². The first-order valence-corrected chi connectivity index (χ1v) is 6.97. The Morgan fingerprint density at radius 2 is 2.10 bits per heavy atom. The van der Waals surface area contributed by atoms with E-state index in [-0.39, 0.29) is 12.2 Å². The van der Waals surface area contributed by atoms with Crippen LogP contribution in [0, 0.1) is 0 Å². The predicted octanol–water partition coefficient (Wildman–Crippen LogP) is 1.61. The van der Waals surface area contributed by atoms with Crippen molar-refractivity contribution in [2.75, 3.05) is 6.26 Å². The van der Waals surface area contributed by atoms with E-state index in [0.717, 1.165) is 0 Å². The van der Waals surface area contributed by atoms with Crippen molar-refractivity contribution in [1.29, 1.82) is 0 Å². The summed E-state index contributed by atoms with van der Waals surface area (Å²) in [7, 11) is 0. The van der Waals surface area contributed by atoms with Crippen molar-refractivity contribution in [1.82, 2.24) is 20.4 Å². The van der Waals surface area contributed by atoms with Crippen molar-refractivity contribution in [3.05, 3.63) is 40.5 Å². The molecule has 0 aliphatic carbocycles. The van der Waals surface area contributed by atoms with E-state index >= 15 is 0 Å². The summed E-state index contributed by atoms with van der Waals surface area (Å²) in [6.07, 6.45) is 1.84. The van der Waals surface area contributed by atoms with Gasteiger partial charge in [-0.05, 0) is 18.4 Å². The van der Waals surface area contributed by atoms with Gasteiger partial charge in [0.2, 0.25) is 5.88 Å². The largest absolute Gasteiger partial charge is 0.466 e. The first-order chi connectivity index (χ1) is 9.78. The summed E-state index contributed by atoms with van der Waals surface area (Å²) in [6, 6.07) is 7.08. The smallest absolute Gasteiger partial charge is 0.276 e. The molecular weight excluding hydrogens is 280 g/mol. The molecule has 20 heavy (non-hydrogen) atoms. The minimum absolute atomic E-state index is 0.0938. The summed E-state index contributed by atoms with van der Waals surface area (Å²) in [5.41, 5.74) is -0.254. The molecule has 0 saturated heterocycles. The summed E-state index contributed by atoms with van der Waals surface area (Å²) < 4.78 is 10.8. The fraction of sp³-hybridized carbons (Fsp3) is 0.167. The van der Waals surface area contributed by atoms with E-state index < -0.39 is 0 Å². The lowest BCUT2D eigenvalue weighted by molar-refractivity contribution is 0.244. The van der Waals surface area contributed by atoms with E-state index in [2.05, 4.69) is 20.4 Å². The summed E-state index contributed by atoms with van der Waals surface area (Å²) in [6.45, 7) is 0.0938. The van der Waals surface area contributed by atoms with Crippen molar-refractivity contribution in [2.24, 2.45) is 0 Å². The van der Waals surface area contributed by atoms with Crippen LogP contribution in [0.25, 0.3) is 10.8 Å². The molecule has 1 N–H and O–H groups in total. The fourth-order valence-corrected chi connectivity index (χ4v) is 2.01. The molecule has 0 amide bonds. The number of thioether (sulfide) groups is 1. The highest BCUT2D eigenvalue weighted by Crippen LogP contribution is 2.20. The molecule has 2 heterocycles. The number of nitrogens with one attached hydrogen (secondary N) is 1. The zero-order chi connectivity index (χ0) is 13.9. The Bertz CT molecular complexity index is 798. The van der Waals surface area contributed by atoms with E-state index in [9.17, 15) is 4.79 Å². The van der Waals surface area contributed by atoms with Crippen LogP contribution in [-0.2, 0) is 6.61 Å². The highest BCUT2D eigenvalue weighted by atomic mass is 32.2. The van der Waals surface area contributed by atoms with Gasteiger partial charge in [0, 0.05) is 0 Å². The van der Waals surface area contributed by atoms with Crippen molar-refractivity contribution in [3.63, 3.8) is 0 Å². The molecule has 0 fully saturated rings. The zero-order valence-electron chi connectivity index (χ0n) is 10.5. The number of benzene rings is 1. The molecule has 0 saturated carbocycles. The lowest BCUT2D eigenvalue weighted by Gasteiger charge is -2.04. The van der Waals surface area contributed by atoms with E-state index in [1.165, 1.54) is 11.8 Å². The summed E-state index contributed by atoms with van der Waals surface area (Å²) >= 11 is 1.36. The maximum absolute atomic E-state index is 11.6. The van der Waals surface area contributed by atoms with Crippen molar-refractivity contribution >= 4 is 22.5 Å². The Morgan fingerprint density at radius 3 is 2.85 bits per heavy atom. The van der Waals surface area contributed by atoms with E-state index in [1.807, 2.05) is 12.3 Å². The lowest BCUT2D eigenvalue weighted by atomic mass is 10.2. The van der Waals surface area contributed by atoms with Crippen LogP contribution >= 0.6 is 11.8 Å². The maximum atomic E-state index is 11.6. The van der Waals surface area contributed by atoms with Crippen LogP contribution in [0.4, 0.5) is 0 Å². The highest BCUT2D eigenvalue weighted by Gasteiger charge is 2.10. The molecule has 0 spiro atoms. The molecule has 0 aliphatic rings. The second kappa shape index (κ2) is 5.33. The van der Waals surface area contributed by atoms with Crippen LogP contribution in [-0.4, -0.2) is 26.7 Å². The molecule has 3 rings (SSSR count). The normalized spacial score (nSPS) is 10.8. The van der Waals surface area contributed by atoms with Gasteiger partial charge in [0.15, 0.2) is 6.61 Å². The quantitative estimate of drug-likeness (QED) is 0.729. The topological polar surface area (TPSA) is 93.9 Å². The molecular formula is C12H10N4O3S. The Morgan fingerprint density at radius 1 is 1.30 bits per heavy atom. The van der Waals surface area contributed by atoms with Gasteiger partial charge < -0.3 is 9.15 Å². The van der Waals surface area contributed by atoms with Crippen molar-refractivity contribution in [2.45, 2.75) is 11.8 Å². The third-order valence-electron chi connectivity index (χ3n) is 2.62. The average Bonchev–Trinajstić information content (AvgIpc) is 2.95. The Labute approximate surface area is 117 Å². The first kappa shape index (κ1) is 12.7. The Hall–Kier alpha value is -2.35. The molecule has 0 atom stereocenters. The van der Waals surface area contributed by atoms with E-state index in [4.69, 9.17) is 9.15 Å². The third kappa shape index (κ3) is 2.37. The van der Waals surface area contributed by atoms with Gasteiger partial charge in [-0.25, -0.2) is 5.10 Å². The van der Waals surface area contributed by atoms with Crippen molar-refractivity contribution < 1.29 is 9.15 Å². The molecule has 3 aromatic rings. The van der Waals surface area contributed by atoms with Crippen LogP contribution in [0.5, 0.6) is 5.88 Å². The Balaban J connectivity index is 1.87. The molecule has 0 radical (unpaired) electrons. The second-order valence-electron chi connectivity index (χ2n) is 3.86. The summed E-state index contributed by atoms with van der Waals surface area (Å²) in [5.74, 6) is 0.676. The third-order valence-corrected chi connectivity index (χ3v) is 3.13. The molecule has 102 valence electrons. The van der Waals surface area contributed by atoms with Gasteiger partial charge in [0.25, 0.3) is 16.7 Å². The van der Waals surface area contributed by atoms with E-state index in [0.29, 0.717) is 27.8 Å². The number of aromatic nitrogens is 4. The molecule has 2 aromatic heterocycles. The summed E-state index contributed by atoms with van der Waals surface area (Å²) in [4.78, 5) is 11.6. The average molecular weight is 290 g/mol. The molecule has 0 unspecified atom stereocenters. The van der Waals surface area contributed by atoms with Crippen LogP contribution in [0.3, 0.4) is 0 Å². The maximum Gasteiger partial charge on any atom is 0.276 e. The molecule has 0 bridgehead atoms. The summed E-state index contributed by atoms with van der Waals surface area (Å²) in [5, 5.41) is 15.6. The second-order valence-corrected chi connectivity index (χ2v) is 4.62. The minimum atomic E-state index is -0.254. The number of H-pyrrole nitrogens is 1. The van der Waals surface area contributed by atoms with Gasteiger partial charge in [-0.15, -0.1) is 15.3 Å². The van der Waals surface area contributed by atoms with Crippen LogP contribution in [0.2, 0.25) is 0 Å². The first-order valence-electron chi connectivity index (χ1n) is 5.74. The zero-order valence-corrected chi connectivity index (χ0v) is 11.3. The SMILES string of the molecule is CSc1nnc(COc2n[nH]c(=O)c3ccccc23)o1. The number of ether oxygens (including phenoxy) is 1. The fourth-order valence-electron chi connectivity index (χ4n) is 1.71. The number of nitrogens with zero attached hydrogens (tertiary/aromatic N) is 3. The predicted molar refractivity (Wildman–Crippen MR) is 72.8 cm³/mol. The minimum Gasteiger partial charge on any atom is -0.466 e. The lowest BCUT2D eigenvalue weighted by Crippen LogP contribution is -2.10. The molecule has 1 aromatic carbocycles. The Kier molecular flexibility index (Phi) is 3.38. The number of rotatable bonds is 4. The number of aromatic amines is 1. The molecule has 7 nitrogen and oxygen atoms in total. The molecule has 0 aliphatic heterocycles. The number of hydrogen-bond donors (Lipinski definition) is 1. The van der Waals surface area contributed by atoms with Gasteiger partial charge in [0.1, 0.15) is 0 Å².